The van der Waals surface area contributed by atoms with Gasteiger partial charge in [0.1, 0.15) is 11.8 Å². The minimum absolute atomic E-state index is 0.0179. The van der Waals surface area contributed by atoms with Crippen molar-refractivity contribution in [1.82, 2.24) is 14.8 Å². The number of para-hydroxylation sites is 1. The molecule has 0 unspecified atom stereocenters. The lowest BCUT2D eigenvalue weighted by Gasteiger charge is -2.47. The van der Waals surface area contributed by atoms with E-state index in [9.17, 15) is 9.59 Å². The molecule has 2 atom stereocenters. The first-order chi connectivity index (χ1) is 17.1. The van der Waals surface area contributed by atoms with Crippen molar-refractivity contribution in [2.45, 2.75) is 24.9 Å². The number of fused-ring (bicyclic) bond motifs is 4. The molecule has 6 nitrogen and oxygen atoms in total. The summed E-state index contributed by atoms with van der Waals surface area (Å²) in [5.74, 6) is 0.715. The minimum atomic E-state index is -0.532. The van der Waals surface area contributed by atoms with Gasteiger partial charge in [-0.1, -0.05) is 60.7 Å². The maximum atomic E-state index is 13.8. The van der Waals surface area contributed by atoms with Crippen LogP contribution in [0.25, 0.3) is 10.9 Å². The van der Waals surface area contributed by atoms with Crippen LogP contribution in [0.4, 0.5) is 0 Å². The summed E-state index contributed by atoms with van der Waals surface area (Å²) in [5.41, 5.74) is 5.20. The summed E-state index contributed by atoms with van der Waals surface area (Å²) < 4.78 is 5.48. The van der Waals surface area contributed by atoms with E-state index < -0.39 is 6.04 Å². The predicted octanol–water partition coefficient (Wildman–Crippen LogP) is 4.10. The highest BCUT2D eigenvalue weighted by molar-refractivity contribution is 5.97. The monoisotopic (exact) mass is 465 g/mol. The molecular formula is C29H27N3O3. The smallest absolute Gasteiger partial charge is 0.246 e. The van der Waals surface area contributed by atoms with Crippen molar-refractivity contribution in [3.63, 3.8) is 0 Å². The Morgan fingerprint density at radius 1 is 0.971 bits per heavy atom. The number of hydrogen-bond acceptors (Lipinski definition) is 3. The molecule has 6 heteroatoms. The number of H-pyrrole nitrogens is 1. The number of carbonyl (C=O) groups excluding carboxylic acids is 2. The van der Waals surface area contributed by atoms with Crippen LogP contribution in [0.1, 0.15) is 28.4 Å². The quantitative estimate of drug-likeness (QED) is 0.483. The Labute approximate surface area is 204 Å². The van der Waals surface area contributed by atoms with E-state index in [4.69, 9.17) is 4.74 Å². The molecule has 6 rings (SSSR count). The number of methoxy groups -OCH3 is 1. The molecule has 1 saturated heterocycles. The lowest BCUT2D eigenvalue weighted by molar-refractivity contribution is -0.158. The van der Waals surface area contributed by atoms with Crippen LogP contribution in [0.5, 0.6) is 5.75 Å². The van der Waals surface area contributed by atoms with Crippen LogP contribution < -0.4 is 4.74 Å². The van der Waals surface area contributed by atoms with Crippen LogP contribution >= 0.6 is 0 Å². The van der Waals surface area contributed by atoms with E-state index in [0.29, 0.717) is 13.0 Å². The molecule has 0 saturated carbocycles. The zero-order chi connectivity index (χ0) is 23.9. The Morgan fingerprint density at radius 3 is 2.60 bits per heavy atom. The van der Waals surface area contributed by atoms with Crippen LogP contribution in [-0.4, -0.2) is 52.8 Å². The van der Waals surface area contributed by atoms with Gasteiger partial charge in [-0.2, -0.15) is 0 Å². The second-order valence-electron chi connectivity index (χ2n) is 9.26. The van der Waals surface area contributed by atoms with Gasteiger partial charge in [-0.3, -0.25) is 9.59 Å². The zero-order valence-electron chi connectivity index (χ0n) is 19.6. The van der Waals surface area contributed by atoms with Crippen LogP contribution in [0.15, 0.2) is 78.9 Å². The van der Waals surface area contributed by atoms with Crippen LogP contribution in [0, 0.1) is 0 Å². The third-order valence-electron chi connectivity index (χ3n) is 7.27. The number of ether oxygens (including phenoxy) is 1. The Kier molecular flexibility index (Phi) is 5.29. The van der Waals surface area contributed by atoms with Crippen LogP contribution in [-0.2, 0) is 22.4 Å². The van der Waals surface area contributed by atoms with Crippen LogP contribution in [0.3, 0.4) is 0 Å². The van der Waals surface area contributed by atoms with Crippen molar-refractivity contribution in [2.24, 2.45) is 0 Å². The van der Waals surface area contributed by atoms with Gasteiger partial charge < -0.3 is 19.5 Å². The maximum Gasteiger partial charge on any atom is 0.246 e. The normalized spacial score (nSPS) is 19.6. The molecule has 2 aliphatic heterocycles. The van der Waals surface area contributed by atoms with Crippen molar-refractivity contribution in [3.8, 4) is 5.75 Å². The Balaban J connectivity index is 1.41. The van der Waals surface area contributed by atoms with Crippen LogP contribution in [0.2, 0.25) is 0 Å². The first kappa shape index (κ1) is 21.5. The SMILES string of the molecule is COc1cccc([C@@H]2c3[nH]c4ccccc4c3C[C@H]3C(=O)N(CCc4ccccc4)CC(=O)N23)c1. The number of nitrogens with zero attached hydrogens (tertiary/aromatic N) is 2. The average molecular weight is 466 g/mol. The molecular weight excluding hydrogens is 438 g/mol. The van der Waals surface area contributed by atoms with Gasteiger partial charge in [0, 0.05) is 29.6 Å². The molecule has 2 aliphatic rings. The summed E-state index contributed by atoms with van der Waals surface area (Å²) >= 11 is 0. The number of rotatable bonds is 5. The third kappa shape index (κ3) is 3.66. The lowest BCUT2D eigenvalue weighted by atomic mass is 9.86. The Morgan fingerprint density at radius 2 is 1.77 bits per heavy atom. The fourth-order valence-electron chi connectivity index (χ4n) is 5.58. The molecule has 0 spiro atoms. The summed E-state index contributed by atoms with van der Waals surface area (Å²) in [6.07, 6.45) is 1.23. The molecule has 0 radical (unpaired) electrons. The Hall–Kier alpha value is -4.06. The average Bonchev–Trinajstić information content (AvgIpc) is 3.27. The van der Waals surface area contributed by atoms with E-state index in [1.165, 1.54) is 0 Å². The van der Waals surface area contributed by atoms with E-state index >= 15 is 0 Å². The van der Waals surface area contributed by atoms with Gasteiger partial charge >= 0.3 is 0 Å². The van der Waals surface area contributed by atoms with Gasteiger partial charge in [-0.25, -0.2) is 0 Å². The van der Waals surface area contributed by atoms with Gasteiger partial charge in [0.25, 0.3) is 0 Å². The van der Waals surface area contributed by atoms with E-state index in [1.54, 1.807) is 16.9 Å². The first-order valence-electron chi connectivity index (χ1n) is 12.0. The number of nitrogens with one attached hydrogen (secondary N) is 1. The van der Waals surface area contributed by atoms with Gasteiger partial charge in [0.15, 0.2) is 0 Å². The second kappa shape index (κ2) is 8.62. The lowest BCUT2D eigenvalue weighted by Crippen LogP contribution is -2.63. The summed E-state index contributed by atoms with van der Waals surface area (Å²) in [7, 11) is 1.64. The summed E-state index contributed by atoms with van der Waals surface area (Å²) in [5, 5.41) is 1.11. The third-order valence-corrected chi connectivity index (χ3v) is 7.27. The van der Waals surface area contributed by atoms with Crippen molar-refractivity contribution < 1.29 is 14.3 Å². The van der Waals surface area contributed by atoms with Crippen molar-refractivity contribution in [3.05, 3.63) is 101 Å². The topological polar surface area (TPSA) is 65.6 Å². The van der Waals surface area contributed by atoms with Gasteiger partial charge in [0.05, 0.1) is 19.7 Å². The summed E-state index contributed by atoms with van der Waals surface area (Å²) in [4.78, 5) is 34.5. The molecule has 0 aliphatic carbocycles. The number of hydrogen-bond donors (Lipinski definition) is 1. The van der Waals surface area contributed by atoms with Gasteiger partial charge in [0.2, 0.25) is 11.8 Å². The van der Waals surface area contributed by atoms with E-state index in [-0.39, 0.29) is 24.4 Å². The molecule has 0 bridgehead atoms. The molecule has 176 valence electrons. The first-order valence-corrected chi connectivity index (χ1v) is 12.0. The molecule has 35 heavy (non-hydrogen) atoms. The van der Waals surface area contributed by atoms with E-state index in [2.05, 4.69) is 23.2 Å². The van der Waals surface area contributed by atoms with Gasteiger partial charge in [-0.15, -0.1) is 0 Å². The molecule has 2 amide bonds. The number of piperazine rings is 1. The standard InChI is InChI=1S/C29H27N3O3/c1-35-21-11-7-10-20(16-21)28-27-23(22-12-5-6-13-24(22)30-27)17-25-29(34)31(18-26(33)32(25)28)15-14-19-8-3-2-4-9-19/h2-13,16,25,28,30H,14-15,17-18H2,1H3/t25-,28+/m0/s1. The number of aromatic nitrogens is 1. The molecule has 4 aromatic rings. The minimum Gasteiger partial charge on any atom is -0.497 e. The van der Waals surface area contributed by atoms with Crippen molar-refractivity contribution in [2.75, 3.05) is 20.2 Å². The largest absolute Gasteiger partial charge is 0.497 e. The van der Waals surface area contributed by atoms with E-state index in [1.807, 2.05) is 60.7 Å². The highest BCUT2D eigenvalue weighted by Gasteiger charge is 2.48. The fourth-order valence-corrected chi connectivity index (χ4v) is 5.58. The number of amides is 2. The number of carbonyl (C=O) groups is 2. The molecule has 1 N–H and O–H groups in total. The highest BCUT2D eigenvalue weighted by atomic mass is 16.5. The summed E-state index contributed by atoms with van der Waals surface area (Å²) in [6.45, 7) is 0.627. The Bertz CT molecular complexity index is 1410. The molecule has 3 heterocycles. The van der Waals surface area contributed by atoms with E-state index in [0.717, 1.165) is 45.5 Å². The molecule has 1 aromatic heterocycles. The predicted molar refractivity (Wildman–Crippen MR) is 134 cm³/mol. The van der Waals surface area contributed by atoms with Gasteiger partial charge in [-0.05, 0) is 41.3 Å². The highest BCUT2D eigenvalue weighted by Crippen LogP contribution is 2.43. The number of aromatic amines is 1. The van der Waals surface area contributed by atoms with Crippen molar-refractivity contribution >= 4 is 22.7 Å². The zero-order valence-corrected chi connectivity index (χ0v) is 19.6. The molecule has 3 aromatic carbocycles. The summed E-state index contributed by atoms with van der Waals surface area (Å²) in [6, 6.07) is 25.1. The second-order valence-corrected chi connectivity index (χ2v) is 9.26. The van der Waals surface area contributed by atoms with Crippen molar-refractivity contribution in [1.29, 1.82) is 0 Å². The maximum absolute atomic E-state index is 13.8. The number of benzene rings is 3. The molecule has 1 fully saturated rings. The fraction of sp³-hybridized carbons (Fsp3) is 0.241.